The highest BCUT2D eigenvalue weighted by Gasteiger charge is 2.47. The van der Waals surface area contributed by atoms with Gasteiger partial charge in [-0.1, -0.05) is 23.7 Å². The Kier molecular flexibility index (Phi) is 5.51. The first-order chi connectivity index (χ1) is 10.8. The van der Waals surface area contributed by atoms with Crippen molar-refractivity contribution in [3.63, 3.8) is 0 Å². The van der Waals surface area contributed by atoms with Crippen molar-refractivity contribution < 1.29 is 22.8 Å². The molecule has 0 radical (unpaired) electrons. The average Bonchev–Trinajstić information content (AvgIpc) is 2.94. The van der Waals surface area contributed by atoms with E-state index in [1.54, 1.807) is 18.2 Å². The summed E-state index contributed by atoms with van der Waals surface area (Å²) in [6, 6.07) is 6.04. The summed E-state index contributed by atoms with van der Waals surface area (Å²) in [5.74, 6) is -2.51. The van der Waals surface area contributed by atoms with Gasteiger partial charge in [0, 0.05) is 18.1 Å². The van der Waals surface area contributed by atoms with E-state index in [0.29, 0.717) is 22.8 Å². The first kappa shape index (κ1) is 17.6. The average molecular weight is 349 g/mol. The summed E-state index contributed by atoms with van der Waals surface area (Å²) in [6.07, 6.45) is -3.82. The molecule has 0 bridgehead atoms. The zero-order valence-corrected chi connectivity index (χ0v) is 13.0. The quantitative estimate of drug-likeness (QED) is 0.909. The summed E-state index contributed by atoms with van der Waals surface area (Å²) in [5.41, 5.74) is 0.910. The molecule has 4 nitrogen and oxygen atoms in total. The third-order valence-corrected chi connectivity index (χ3v) is 3.90. The minimum atomic E-state index is -4.95. The van der Waals surface area contributed by atoms with E-state index in [4.69, 9.17) is 11.6 Å². The van der Waals surface area contributed by atoms with Crippen LogP contribution in [0.1, 0.15) is 18.4 Å². The van der Waals surface area contributed by atoms with Gasteiger partial charge in [-0.3, -0.25) is 9.59 Å². The number of likely N-dealkylation sites (tertiary alicyclic amines) is 1. The van der Waals surface area contributed by atoms with Gasteiger partial charge >= 0.3 is 12.1 Å². The number of hydrogen-bond acceptors (Lipinski definition) is 2. The molecule has 1 fully saturated rings. The van der Waals surface area contributed by atoms with E-state index in [9.17, 15) is 22.8 Å². The first-order valence-electron chi connectivity index (χ1n) is 7.19. The van der Waals surface area contributed by atoms with Gasteiger partial charge in [0.2, 0.25) is 5.91 Å². The predicted molar refractivity (Wildman–Crippen MR) is 79.0 cm³/mol. The molecular formula is C15H16ClF3N2O2. The van der Waals surface area contributed by atoms with Gasteiger partial charge in [-0.25, -0.2) is 0 Å². The molecule has 126 valence electrons. The number of amides is 2. The maximum Gasteiger partial charge on any atom is 0.471 e. The summed E-state index contributed by atoms with van der Waals surface area (Å²) >= 11 is 5.85. The van der Waals surface area contributed by atoms with Crippen LogP contribution in [0.25, 0.3) is 0 Å². The fourth-order valence-corrected chi connectivity index (χ4v) is 2.80. The Bertz CT molecular complexity index is 592. The third-order valence-electron chi connectivity index (χ3n) is 3.66. The zero-order chi connectivity index (χ0) is 17.0. The maximum atomic E-state index is 12.5. The van der Waals surface area contributed by atoms with Gasteiger partial charge in [-0.05, 0) is 37.0 Å². The van der Waals surface area contributed by atoms with Crippen LogP contribution in [0.2, 0.25) is 5.02 Å². The van der Waals surface area contributed by atoms with Crippen molar-refractivity contribution in [3.8, 4) is 0 Å². The fraction of sp³-hybridized carbons (Fsp3) is 0.467. The lowest BCUT2D eigenvalue weighted by molar-refractivity contribution is -0.186. The van der Waals surface area contributed by atoms with Crippen molar-refractivity contribution in [2.75, 3.05) is 13.1 Å². The molecule has 1 aliphatic heterocycles. The summed E-state index contributed by atoms with van der Waals surface area (Å²) in [6.45, 7) is 0.217. The summed E-state index contributed by atoms with van der Waals surface area (Å²) in [7, 11) is 0. The molecule has 0 aromatic heterocycles. The molecule has 0 spiro atoms. The Morgan fingerprint density at radius 1 is 1.35 bits per heavy atom. The number of rotatable bonds is 4. The summed E-state index contributed by atoms with van der Waals surface area (Å²) < 4.78 is 37.5. The highest BCUT2D eigenvalue weighted by molar-refractivity contribution is 6.30. The maximum absolute atomic E-state index is 12.5. The minimum Gasteiger partial charge on any atom is -0.354 e. The lowest BCUT2D eigenvalue weighted by Crippen LogP contribution is -2.50. The Morgan fingerprint density at radius 3 is 2.74 bits per heavy atom. The molecule has 1 aliphatic rings. The smallest absolute Gasteiger partial charge is 0.354 e. The molecule has 1 heterocycles. The fourth-order valence-electron chi connectivity index (χ4n) is 2.59. The number of halogens is 4. The molecule has 1 aromatic rings. The van der Waals surface area contributed by atoms with Crippen LogP contribution in [0.5, 0.6) is 0 Å². The molecule has 1 saturated heterocycles. The standard InChI is InChI=1S/C15H16ClF3N2O2/c16-11-4-1-3-10(9-11)6-7-20-13(22)12-5-2-8-21(12)14(23)15(17,18)19/h1,3-4,9,12H,2,5-8H2,(H,20,22). The number of nitrogens with one attached hydrogen (secondary N) is 1. The Labute approximate surface area is 136 Å². The van der Waals surface area contributed by atoms with Gasteiger partial charge in [0.1, 0.15) is 6.04 Å². The van der Waals surface area contributed by atoms with Crippen molar-refractivity contribution in [3.05, 3.63) is 34.9 Å². The van der Waals surface area contributed by atoms with Gasteiger partial charge in [-0.2, -0.15) is 13.2 Å². The van der Waals surface area contributed by atoms with Crippen LogP contribution in [-0.2, 0) is 16.0 Å². The van der Waals surface area contributed by atoms with Crippen molar-refractivity contribution in [1.29, 1.82) is 0 Å². The Hall–Kier alpha value is -1.76. The van der Waals surface area contributed by atoms with E-state index in [2.05, 4.69) is 5.32 Å². The molecule has 2 amide bonds. The van der Waals surface area contributed by atoms with Crippen molar-refractivity contribution in [2.45, 2.75) is 31.5 Å². The monoisotopic (exact) mass is 348 g/mol. The van der Waals surface area contributed by atoms with Gasteiger partial charge in [-0.15, -0.1) is 0 Å². The van der Waals surface area contributed by atoms with Crippen LogP contribution >= 0.6 is 11.6 Å². The largest absolute Gasteiger partial charge is 0.471 e. The predicted octanol–water partition coefficient (Wildman–Crippen LogP) is 2.55. The normalized spacial score (nSPS) is 18.1. The second-order valence-corrected chi connectivity index (χ2v) is 5.76. The molecule has 23 heavy (non-hydrogen) atoms. The van der Waals surface area contributed by atoms with Crippen molar-refractivity contribution in [2.24, 2.45) is 0 Å². The van der Waals surface area contributed by atoms with Gasteiger partial charge in [0.15, 0.2) is 0 Å². The van der Waals surface area contributed by atoms with Gasteiger partial charge in [0.25, 0.3) is 0 Å². The number of alkyl halides is 3. The number of nitrogens with zero attached hydrogens (tertiary/aromatic N) is 1. The number of carbonyl (C=O) groups excluding carboxylic acids is 2. The van der Waals surface area contributed by atoms with E-state index in [1.807, 2.05) is 6.07 Å². The van der Waals surface area contributed by atoms with E-state index < -0.39 is 24.0 Å². The van der Waals surface area contributed by atoms with Crippen molar-refractivity contribution in [1.82, 2.24) is 10.2 Å². The van der Waals surface area contributed by atoms with Gasteiger partial charge in [0.05, 0.1) is 0 Å². The highest BCUT2D eigenvalue weighted by atomic mass is 35.5. The van der Waals surface area contributed by atoms with E-state index >= 15 is 0 Å². The molecule has 8 heteroatoms. The molecule has 2 rings (SSSR count). The second kappa shape index (κ2) is 7.21. The van der Waals surface area contributed by atoms with Gasteiger partial charge < -0.3 is 10.2 Å². The van der Waals surface area contributed by atoms with E-state index in [-0.39, 0.29) is 19.5 Å². The molecule has 1 N–H and O–H groups in total. The van der Waals surface area contributed by atoms with Crippen LogP contribution < -0.4 is 5.32 Å². The molecule has 0 aliphatic carbocycles. The number of benzene rings is 1. The lowest BCUT2D eigenvalue weighted by atomic mass is 10.1. The SMILES string of the molecule is O=C(NCCc1cccc(Cl)c1)C1CCCN1C(=O)C(F)(F)F. The molecule has 1 aromatic carbocycles. The van der Waals surface area contributed by atoms with E-state index in [0.717, 1.165) is 5.56 Å². The van der Waals surface area contributed by atoms with Crippen LogP contribution in [0.3, 0.4) is 0 Å². The molecular weight excluding hydrogens is 333 g/mol. The van der Waals surface area contributed by atoms with Crippen LogP contribution in [0, 0.1) is 0 Å². The zero-order valence-electron chi connectivity index (χ0n) is 12.2. The molecule has 0 saturated carbocycles. The first-order valence-corrected chi connectivity index (χ1v) is 7.57. The lowest BCUT2D eigenvalue weighted by Gasteiger charge is -2.24. The van der Waals surface area contributed by atoms with Crippen LogP contribution in [-0.4, -0.2) is 42.0 Å². The Balaban J connectivity index is 1.88. The summed E-state index contributed by atoms with van der Waals surface area (Å²) in [5, 5.41) is 3.16. The second-order valence-electron chi connectivity index (χ2n) is 5.33. The summed E-state index contributed by atoms with van der Waals surface area (Å²) in [4.78, 5) is 24.0. The van der Waals surface area contributed by atoms with Crippen molar-refractivity contribution >= 4 is 23.4 Å². The van der Waals surface area contributed by atoms with Crippen LogP contribution in [0.15, 0.2) is 24.3 Å². The minimum absolute atomic E-state index is 0.0509. The van der Waals surface area contributed by atoms with Crippen LogP contribution in [0.4, 0.5) is 13.2 Å². The molecule has 1 atom stereocenters. The highest BCUT2D eigenvalue weighted by Crippen LogP contribution is 2.25. The van der Waals surface area contributed by atoms with E-state index in [1.165, 1.54) is 0 Å². The Morgan fingerprint density at radius 2 is 2.09 bits per heavy atom. The number of hydrogen-bond donors (Lipinski definition) is 1. The topological polar surface area (TPSA) is 49.4 Å². The third kappa shape index (κ3) is 4.60. The molecule has 1 unspecified atom stereocenters. The number of carbonyl (C=O) groups is 2.